The predicted molar refractivity (Wildman–Crippen MR) is 157 cm³/mol. The second-order valence-electron chi connectivity index (χ2n) is 12.2. The number of hydrogen-bond acceptors (Lipinski definition) is 5. The van der Waals surface area contributed by atoms with Crippen LogP contribution in [0.5, 0.6) is 0 Å². The highest BCUT2D eigenvalue weighted by Crippen LogP contribution is 2.30. The molecule has 1 aromatic heterocycles. The summed E-state index contributed by atoms with van der Waals surface area (Å²) in [6.07, 6.45) is 9.13. The molecule has 0 amide bonds. The minimum absolute atomic E-state index is 0.00323. The van der Waals surface area contributed by atoms with E-state index >= 15 is 0 Å². The van der Waals surface area contributed by atoms with E-state index in [2.05, 4.69) is 35.8 Å². The molecule has 0 bridgehead atoms. The predicted octanol–water partition coefficient (Wildman–Crippen LogP) is 7.45. The van der Waals surface area contributed by atoms with E-state index in [-0.39, 0.29) is 16.0 Å². The number of rotatable bonds is 9. The molecule has 1 aliphatic heterocycles. The number of nitrogens with zero attached hydrogens (tertiary/aromatic N) is 2. The topological polar surface area (TPSA) is 62.3 Å². The van der Waals surface area contributed by atoms with Crippen molar-refractivity contribution in [1.82, 2.24) is 9.88 Å². The first-order chi connectivity index (χ1) is 18.6. The maximum Gasteiger partial charge on any atom is 0.261 e. The molecule has 2 heterocycles. The molecule has 1 saturated carbocycles. The van der Waals surface area contributed by atoms with Gasteiger partial charge in [0.2, 0.25) is 0 Å². The Morgan fingerprint density at radius 3 is 2.62 bits per heavy atom. The third-order valence-electron chi connectivity index (χ3n) is 8.09. The molecule has 2 aliphatic rings. The Kier molecular flexibility index (Phi) is 8.45. The molecule has 0 unspecified atom stereocenters. The normalized spacial score (nSPS) is 16.9. The third kappa shape index (κ3) is 7.08. The average Bonchev–Trinajstić information content (AvgIpc) is 3.58. The molecule has 0 atom stereocenters. The molecule has 1 aliphatic carbocycles. The van der Waals surface area contributed by atoms with Crippen molar-refractivity contribution in [2.45, 2.75) is 95.5 Å². The maximum absolute atomic E-state index is 14.8. The molecule has 8 heteroatoms. The van der Waals surface area contributed by atoms with Gasteiger partial charge in [-0.1, -0.05) is 65.0 Å². The summed E-state index contributed by atoms with van der Waals surface area (Å²) in [4.78, 5) is 7.34. The lowest BCUT2D eigenvalue weighted by atomic mass is 9.93. The minimum atomic E-state index is -3.90. The molecule has 39 heavy (non-hydrogen) atoms. The number of aryl methyl sites for hydroxylation is 1. The second-order valence-corrected chi connectivity index (χ2v) is 14.9. The van der Waals surface area contributed by atoms with Gasteiger partial charge >= 0.3 is 0 Å². The maximum atomic E-state index is 14.8. The fraction of sp³-hybridized carbons (Fsp3) is 0.516. The number of sulfonamides is 1. The monoisotopic (exact) mass is 569 g/mol. The van der Waals surface area contributed by atoms with Crippen LogP contribution in [0.2, 0.25) is 0 Å². The molecule has 0 saturated heterocycles. The van der Waals surface area contributed by atoms with Crippen molar-refractivity contribution in [3.63, 3.8) is 0 Å². The number of hydrogen-bond donors (Lipinski definition) is 1. The summed E-state index contributed by atoms with van der Waals surface area (Å²) in [5.41, 5.74) is 4.23. The van der Waals surface area contributed by atoms with Crippen LogP contribution in [0.1, 0.15) is 86.7 Å². The Labute approximate surface area is 236 Å². The Bertz CT molecular complexity index is 1410. The molecule has 5 rings (SSSR count). The molecule has 0 spiro atoms. The van der Waals surface area contributed by atoms with Crippen molar-refractivity contribution in [2.24, 2.45) is 5.92 Å². The van der Waals surface area contributed by atoms with Crippen LogP contribution < -0.4 is 4.72 Å². The van der Waals surface area contributed by atoms with E-state index in [1.807, 2.05) is 12.1 Å². The molecular formula is C31H40FN3O2S2. The van der Waals surface area contributed by atoms with E-state index in [4.69, 9.17) is 4.98 Å². The zero-order valence-electron chi connectivity index (χ0n) is 23.3. The van der Waals surface area contributed by atoms with Gasteiger partial charge in [-0.25, -0.2) is 17.8 Å². The van der Waals surface area contributed by atoms with Crippen molar-refractivity contribution in [2.75, 3.05) is 11.3 Å². The molecule has 210 valence electrons. The van der Waals surface area contributed by atoms with Crippen LogP contribution in [0.25, 0.3) is 0 Å². The standard InChI is InChI=1S/C31H40FN3O2S2/c1-31(2,3)29-21-38-30(33-29)20-35-16-15-24-18-26(13-12-25(24)19-35)39(36,37)34-28-14-11-23(17-27(28)32)10-6-9-22-7-4-5-8-22/h11-14,17-18,21-22,34H,4-10,15-16,19-20H2,1-3H3. The highest BCUT2D eigenvalue weighted by molar-refractivity contribution is 7.92. The third-order valence-corrected chi connectivity index (χ3v) is 10.3. The number of fused-ring (bicyclic) bond motifs is 1. The number of halogens is 1. The van der Waals surface area contributed by atoms with Gasteiger partial charge in [0.1, 0.15) is 10.8 Å². The van der Waals surface area contributed by atoms with E-state index in [1.54, 1.807) is 29.5 Å². The molecular weight excluding hydrogens is 529 g/mol. The average molecular weight is 570 g/mol. The fourth-order valence-electron chi connectivity index (χ4n) is 5.70. The summed E-state index contributed by atoms with van der Waals surface area (Å²) in [7, 11) is -3.90. The summed E-state index contributed by atoms with van der Waals surface area (Å²) >= 11 is 1.70. The number of thiazole rings is 1. The summed E-state index contributed by atoms with van der Waals surface area (Å²) in [5.74, 6) is 0.294. The van der Waals surface area contributed by atoms with E-state index in [9.17, 15) is 12.8 Å². The highest BCUT2D eigenvalue weighted by atomic mass is 32.2. The van der Waals surface area contributed by atoms with Crippen LogP contribution in [0, 0.1) is 11.7 Å². The van der Waals surface area contributed by atoms with Crippen LogP contribution in [0.4, 0.5) is 10.1 Å². The lowest BCUT2D eigenvalue weighted by Crippen LogP contribution is -2.30. The van der Waals surface area contributed by atoms with E-state index in [0.29, 0.717) is 0 Å². The quantitative estimate of drug-likeness (QED) is 0.291. The SMILES string of the molecule is CC(C)(C)c1csc(CN2CCc3cc(S(=O)(=O)Nc4ccc(CCCC5CCCC5)cc4F)ccc3C2)n1. The van der Waals surface area contributed by atoms with Crippen molar-refractivity contribution >= 4 is 27.0 Å². The van der Waals surface area contributed by atoms with Crippen LogP contribution in [-0.2, 0) is 41.4 Å². The van der Waals surface area contributed by atoms with Crippen molar-refractivity contribution < 1.29 is 12.8 Å². The second kappa shape index (κ2) is 11.7. The molecule has 3 aromatic rings. The van der Waals surface area contributed by atoms with Gasteiger partial charge < -0.3 is 0 Å². The van der Waals surface area contributed by atoms with E-state index < -0.39 is 15.8 Å². The van der Waals surface area contributed by atoms with Crippen LogP contribution in [0.3, 0.4) is 0 Å². The number of aromatic nitrogens is 1. The number of benzene rings is 2. The highest BCUT2D eigenvalue weighted by Gasteiger charge is 2.23. The summed E-state index contributed by atoms with van der Waals surface area (Å²) in [6, 6.07) is 10.1. The van der Waals surface area contributed by atoms with E-state index in [1.165, 1.54) is 38.2 Å². The Morgan fingerprint density at radius 1 is 1.10 bits per heavy atom. The first kappa shape index (κ1) is 28.2. The fourth-order valence-corrected chi connectivity index (χ4v) is 7.88. The van der Waals surface area contributed by atoms with Crippen molar-refractivity contribution in [3.8, 4) is 0 Å². The number of anilines is 1. The zero-order chi connectivity index (χ0) is 27.6. The van der Waals surface area contributed by atoms with Gasteiger partial charge in [0.15, 0.2) is 0 Å². The van der Waals surface area contributed by atoms with Crippen LogP contribution >= 0.6 is 11.3 Å². The van der Waals surface area contributed by atoms with Gasteiger partial charge in [0.05, 0.1) is 22.8 Å². The Hall–Kier alpha value is -2.29. The van der Waals surface area contributed by atoms with Gasteiger partial charge in [0, 0.05) is 23.9 Å². The van der Waals surface area contributed by atoms with Gasteiger partial charge in [-0.2, -0.15) is 0 Å². The molecule has 0 radical (unpaired) electrons. The molecule has 1 fully saturated rings. The van der Waals surface area contributed by atoms with E-state index in [0.717, 1.165) is 72.2 Å². The van der Waals surface area contributed by atoms with Gasteiger partial charge in [-0.15, -0.1) is 11.3 Å². The van der Waals surface area contributed by atoms with Gasteiger partial charge in [-0.05, 0) is 66.1 Å². The molecule has 5 nitrogen and oxygen atoms in total. The first-order valence-corrected chi connectivity index (χ1v) is 16.5. The molecule has 1 N–H and O–H groups in total. The lowest BCUT2D eigenvalue weighted by Gasteiger charge is -2.28. The molecule has 2 aromatic carbocycles. The Morgan fingerprint density at radius 2 is 1.90 bits per heavy atom. The van der Waals surface area contributed by atoms with Gasteiger partial charge in [0.25, 0.3) is 10.0 Å². The summed E-state index contributed by atoms with van der Waals surface area (Å²) in [5, 5.41) is 3.25. The Balaban J connectivity index is 1.19. The largest absolute Gasteiger partial charge is 0.292 e. The smallest absolute Gasteiger partial charge is 0.261 e. The number of nitrogens with one attached hydrogen (secondary N) is 1. The van der Waals surface area contributed by atoms with Crippen LogP contribution in [0.15, 0.2) is 46.7 Å². The lowest BCUT2D eigenvalue weighted by molar-refractivity contribution is 0.244. The van der Waals surface area contributed by atoms with Crippen LogP contribution in [-0.4, -0.2) is 24.8 Å². The van der Waals surface area contributed by atoms with Crippen molar-refractivity contribution in [3.05, 3.63) is 75.0 Å². The zero-order valence-corrected chi connectivity index (χ0v) is 24.9. The summed E-state index contributed by atoms with van der Waals surface area (Å²) < 4.78 is 43.6. The van der Waals surface area contributed by atoms with Gasteiger partial charge in [-0.3, -0.25) is 9.62 Å². The van der Waals surface area contributed by atoms with Crippen molar-refractivity contribution in [1.29, 1.82) is 0 Å². The minimum Gasteiger partial charge on any atom is -0.292 e. The first-order valence-electron chi connectivity index (χ1n) is 14.2. The summed E-state index contributed by atoms with van der Waals surface area (Å²) in [6.45, 7) is 8.90.